The summed E-state index contributed by atoms with van der Waals surface area (Å²) < 4.78 is 0. The molecule has 2 unspecified atom stereocenters. The molecule has 0 spiro atoms. The van der Waals surface area contributed by atoms with Gasteiger partial charge >= 0.3 is 0 Å². The third-order valence-electron chi connectivity index (χ3n) is 3.60. The highest BCUT2D eigenvalue weighted by Crippen LogP contribution is 2.11. The average molecular weight is 252 g/mol. The lowest BCUT2D eigenvalue weighted by atomic mass is 10.1. The molecule has 1 saturated heterocycles. The van der Waals surface area contributed by atoms with Gasteiger partial charge in [0.05, 0.1) is 18.2 Å². The van der Waals surface area contributed by atoms with E-state index in [9.17, 15) is 4.79 Å². The monoisotopic (exact) mass is 252 g/mol. The number of piperazine rings is 1. The third kappa shape index (κ3) is 3.69. The van der Waals surface area contributed by atoms with E-state index in [-0.39, 0.29) is 18.0 Å². The first-order valence-electron chi connectivity index (χ1n) is 6.79. The van der Waals surface area contributed by atoms with Crippen molar-refractivity contribution < 1.29 is 4.79 Å². The molecule has 1 aliphatic rings. The summed E-state index contributed by atoms with van der Waals surface area (Å²) in [4.78, 5) is 16.1. The van der Waals surface area contributed by atoms with Crippen molar-refractivity contribution in [2.24, 2.45) is 0 Å². The van der Waals surface area contributed by atoms with E-state index in [1.165, 1.54) is 0 Å². The lowest BCUT2D eigenvalue weighted by Gasteiger charge is -2.38. The summed E-state index contributed by atoms with van der Waals surface area (Å²) >= 11 is 0. The Labute approximate surface area is 110 Å². The first-order valence-corrected chi connectivity index (χ1v) is 6.79. The smallest absolute Gasteiger partial charge is 0.237 e. The fraction of sp³-hybridized carbons (Fsp3) is 0.846. The zero-order chi connectivity index (χ0) is 13.5. The van der Waals surface area contributed by atoms with Gasteiger partial charge in [0, 0.05) is 32.7 Å². The minimum atomic E-state index is -0.0748. The Hall–Kier alpha value is -1.12. The van der Waals surface area contributed by atoms with E-state index >= 15 is 0 Å². The Morgan fingerprint density at radius 3 is 2.28 bits per heavy atom. The van der Waals surface area contributed by atoms with Crippen LogP contribution in [0.3, 0.4) is 0 Å². The molecule has 2 atom stereocenters. The Balaban J connectivity index is 2.44. The van der Waals surface area contributed by atoms with Gasteiger partial charge in [-0.05, 0) is 20.3 Å². The van der Waals surface area contributed by atoms with Crippen LogP contribution >= 0.6 is 0 Å². The molecule has 0 aromatic carbocycles. The molecule has 1 amide bonds. The minimum absolute atomic E-state index is 0.0203. The van der Waals surface area contributed by atoms with Crippen LogP contribution in [0.25, 0.3) is 0 Å². The lowest BCUT2D eigenvalue weighted by Crippen LogP contribution is -2.55. The number of amides is 1. The van der Waals surface area contributed by atoms with Crippen LogP contribution in [0.2, 0.25) is 0 Å². The van der Waals surface area contributed by atoms with Gasteiger partial charge in [-0.15, -0.1) is 0 Å². The summed E-state index contributed by atoms with van der Waals surface area (Å²) in [7, 11) is 0. The summed E-state index contributed by atoms with van der Waals surface area (Å²) in [6.07, 6.45) is 0.863. The summed E-state index contributed by atoms with van der Waals surface area (Å²) in [5.41, 5.74) is 0. The van der Waals surface area contributed by atoms with Crippen LogP contribution in [0.5, 0.6) is 0 Å². The number of nitriles is 1. The largest absolute Gasteiger partial charge is 0.355 e. The van der Waals surface area contributed by atoms with Gasteiger partial charge < -0.3 is 5.32 Å². The van der Waals surface area contributed by atoms with Crippen LogP contribution in [0.15, 0.2) is 0 Å². The first kappa shape index (κ1) is 14.9. The molecule has 0 radical (unpaired) electrons. The Morgan fingerprint density at radius 1 is 1.28 bits per heavy atom. The highest BCUT2D eigenvalue weighted by Gasteiger charge is 2.27. The molecule has 1 aliphatic heterocycles. The van der Waals surface area contributed by atoms with E-state index in [4.69, 9.17) is 5.26 Å². The summed E-state index contributed by atoms with van der Waals surface area (Å²) in [5, 5.41) is 11.9. The maximum absolute atomic E-state index is 11.8. The van der Waals surface area contributed by atoms with Crippen LogP contribution in [0.4, 0.5) is 0 Å². The number of nitrogens with one attached hydrogen (secondary N) is 1. The quantitative estimate of drug-likeness (QED) is 0.771. The number of carbonyl (C=O) groups is 1. The molecule has 0 bridgehead atoms. The summed E-state index contributed by atoms with van der Waals surface area (Å²) in [6, 6.07) is 2.28. The summed E-state index contributed by atoms with van der Waals surface area (Å²) in [5.74, 6) is 0.0956. The van der Waals surface area contributed by atoms with Crippen LogP contribution < -0.4 is 5.32 Å². The van der Waals surface area contributed by atoms with Crippen molar-refractivity contribution in [3.05, 3.63) is 0 Å². The highest BCUT2D eigenvalue weighted by molar-refractivity contribution is 5.81. The molecular weight excluding hydrogens is 228 g/mol. The molecule has 1 rings (SSSR count). The molecule has 0 aromatic rings. The molecule has 1 N–H and O–H groups in total. The van der Waals surface area contributed by atoms with Gasteiger partial charge in [0.2, 0.25) is 5.91 Å². The number of likely N-dealkylation sites (N-methyl/N-ethyl adjacent to an activating group) is 1. The standard InChI is InChI=1S/C13H24N4O/c1-4-12(10-14)17-8-6-16(7-9-17)11(3)13(18)15-5-2/h11-12H,4-9H2,1-3H3,(H,15,18). The Morgan fingerprint density at radius 2 is 1.83 bits per heavy atom. The number of hydrogen-bond donors (Lipinski definition) is 1. The average Bonchev–Trinajstić information content (AvgIpc) is 2.40. The first-order chi connectivity index (χ1) is 8.63. The zero-order valence-corrected chi connectivity index (χ0v) is 11.6. The maximum Gasteiger partial charge on any atom is 0.237 e. The van der Waals surface area contributed by atoms with Crippen LogP contribution in [0.1, 0.15) is 27.2 Å². The molecule has 5 heteroatoms. The molecule has 0 aromatic heterocycles. The zero-order valence-electron chi connectivity index (χ0n) is 11.6. The van der Waals surface area contributed by atoms with Gasteiger partial charge in [0.25, 0.3) is 0 Å². The SMILES string of the molecule is CCNC(=O)C(C)N1CCN(C(C#N)CC)CC1. The Kier molecular flexibility index (Phi) is 6.10. The minimum Gasteiger partial charge on any atom is -0.355 e. The van der Waals surface area contributed by atoms with Gasteiger partial charge in [-0.2, -0.15) is 5.26 Å². The fourth-order valence-electron chi connectivity index (χ4n) is 2.36. The van der Waals surface area contributed by atoms with Crippen molar-refractivity contribution in [2.45, 2.75) is 39.3 Å². The van der Waals surface area contributed by atoms with E-state index in [0.717, 1.165) is 32.6 Å². The van der Waals surface area contributed by atoms with Gasteiger partial charge in [-0.1, -0.05) is 6.92 Å². The second-order valence-corrected chi connectivity index (χ2v) is 4.70. The van der Waals surface area contributed by atoms with Crippen molar-refractivity contribution in [1.29, 1.82) is 5.26 Å². The molecule has 18 heavy (non-hydrogen) atoms. The topological polar surface area (TPSA) is 59.4 Å². The normalized spacial score (nSPS) is 21.0. The third-order valence-corrected chi connectivity index (χ3v) is 3.60. The van der Waals surface area contributed by atoms with E-state index in [2.05, 4.69) is 21.2 Å². The van der Waals surface area contributed by atoms with Crippen LogP contribution in [-0.2, 0) is 4.79 Å². The van der Waals surface area contributed by atoms with Crippen molar-refractivity contribution in [1.82, 2.24) is 15.1 Å². The lowest BCUT2D eigenvalue weighted by molar-refractivity contribution is -0.126. The molecule has 0 aliphatic carbocycles. The van der Waals surface area contributed by atoms with Crippen LogP contribution in [-0.4, -0.2) is 60.5 Å². The maximum atomic E-state index is 11.8. The van der Waals surface area contributed by atoms with Crippen molar-refractivity contribution in [2.75, 3.05) is 32.7 Å². The molecule has 1 heterocycles. The fourth-order valence-corrected chi connectivity index (χ4v) is 2.36. The number of carbonyl (C=O) groups excluding carboxylic acids is 1. The molecule has 5 nitrogen and oxygen atoms in total. The van der Waals surface area contributed by atoms with Crippen molar-refractivity contribution >= 4 is 5.91 Å². The number of nitrogens with zero attached hydrogens (tertiary/aromatic N) is 3. The van der Waals surface area contributed by atoms with Crippen molar-refractivity contribution in [3.63, 3.8) is 0 Å². The van der Waals surface area contributed by atoms with E-state index in [1.54, 1.807) is 0 Å². The second kappa shape index (κ2) is 7.34. The number of rotatable bonds is 5. The van der Waals surface area contributed by atoms with E-state index < -0.39 is 0 Å². The highest BCUT2D eigenvalue weighted by atomic mass is 16.2. The van der Waals surface area contributed by atoms with Gasteiger partial charge in [0.1, 0.15) is 0 Å². The predicted molar refractivity (Wildman–Crippen MR) is 71.0 cm³/mol. The second-order valence-electron chi connectivity index (χ2n) is 4.70. The molecule has 0 saturated carbocycles. The van der Waals surface area contributed by atoms with E-state index in [0.29, 0.717) is 6.54 Å². The molecule has 102 valence electrons. The van der Waals surface area contributed by atoms with Gasteiger partial charge in [-0.3, -0.25) is 14.6 Å². The predicted octanol–water partition coefficient (Wildman–Crippen LogP) is 0.431. The van der Waals surface area contributed by atoms with E-state index in [1.807, 2.05) is 20.8 Å². The van der Waals surface area contributed by atoms with Crippen molar-refractivity contribution in [3.8, 4) is 6.07 Å². The summed E-state index contributed by atoms with van der Waals surface area (Å²) in [6.45, 7) is 10.1. The van der Waals surface area contributed by atoms with Crippen LogP contribution in [0, 0.1) is 11.3 Å². The number of hydrogen-bond acceptors (Lipinski definition) is 4. The Bertz CT molecular complexity index is 305. The molecule has 1 fully saturated rings. The molecular formula is C13H24N4O. The van der Waals surface area contributed by atoms with Gasteiger partial charge in [0.15, 0.2) is 0 Å². The van der Waals surface area contributed by atoms with Gasteiger partial charge in [-0.25, -0.2) is 0 Å².